The molecule has 1 aromatic carbocycles. The zero-order chi connectivity index (χ0) is 6.69. The van der Waals surface area contributed by atoms with Crippen molar-refractivity contribution < 1.29 is 23.7 Å². The third-order valence-electron chi connectivity index (χ3n) is 1.06. The number of carbonyl (C=O) groups is 1. The molecular formula is C7H7LiNO+. The van der Waals surface area contributed by atoms with Crippen LogP contribution in [0.3, 0.4) is 0 Å². The van der Waals surface area contributed by atoms with Crippen LogP contribution in [-0.4, -0.2) is 5.91 Å². The van der Waals surface area contributed by atoms with Crippen molar-refractivity contribution >= 4 is 5.91 Å². The average Bonchev–Trinajstić information content (AvgIpc) is 1.90. The number of amides is 1. The van der Waals surface area contributed by atoms with Crippen LogP contribution in [0.4, 0.5) is 0 Å². The predicted octanol–water partition coefficient (Wildman–Crippen LogP) is -2.21. The quantitative estimate of drug-likeness (QED) is 0.428. The number of benzene rings is 1. The molecule has 0 heterocycles. The summed E-state index contributed by atoms with van der Waals surface area (Å²) in [6.07, 6.45) is 0. The van der Waals surface area contributed by atoms with Crippen molar-refractivity contribution in [1.82, 2.24) is 0 Å². The standard InChI is InChI=1S/C7H7NO.Li/c8-7(9)6-4-2-1-3-5-6;/h1-5H,(H2,8,9);/q;+1. The third-order valence-corrected chi connectivity index (χ3v) is 1.06. The maximum absolute atomic E-state index is 10.4. The van der Waals surface area contributed by atoms with Crippen LogP contribution < -0.4 is 24.6 Å². The van der Waals surface area contributed by atoms with Crippen LogP contribution in [-0.2, 0) is 0 Å². The molecular weight excluding hydrogens is 121 g/mol. The van der Waals surface area contributed by atoms with Crippen molar-refractivity contribution in [2.24, 2.45) is 5.73 Å². The Hall–Kier alpha value is -0.713. The molecule has 0 aliphatic rings. The molecule has 0 aliphatic heterocycles. The van der Waals surface area contributed by atoms with Crippen LogP contribution in [0.2, 0.25) is 0 Å². The van der Waals surface area contributed by atoms with Gasteiger partial charge in [-0.15, -0.1) is 0 Å². The second kappa shape index (κ2) is 4.16. The van der Waals surface area contributed by atoms with E-state index in [1.807, 2.05) is 6.07 Å². The summed E-state index contributed by atoms with van der Waals surface area (Å²) in [5, 5.41) is 0. The monoisotopic (exact) mass is 128 g/mol. The van der Waals surface area contributed by atoms with Gasteiger partial charge in [-0.3, -0.25) is 4.79 Å². The molecule has 1 aromatic rings. The van der Waals surface area contributed by atoms with Crippen LogP contribution in [0.15, 0.2) is 30.3 Å². The Bertz CT molecular complexity index is 210. The maximum atomic E-state index is 10.4. The van der Waals surface area contributed by atoms with Gasteiger partial charge in [0, 0.05) is 5.56 Å². The summed E-state index contributed by atoms with van der Waals surface area (Å²) < 4.78 is 0. The van der Waals surface area contributed by atoms with Gasteiger partial charge in [0.2, 0.25) is 5.91 Å². The fourth-order valence-corrected chi connectivity index (χ4v) is 0.602. The molecule has 0 radical (unpaired) electrons. The predicted molar refractivity (Wildman–Crippen MR) is 35.0 cm³/mol. The molecule has 0 fully saturated rings. The normalized spacial score (nSPS) is 8.00. The molecule has 0 aliphatic carbocycles. The molecule has 2 nitrogen and oxygen atoms in total. The Morgan fingerprint density at radius 1 is 1.20 bits per heavy atom. The third kappa shape index (κ3) is 2.26. The van der Waals surface area contributed by atoms with Crippen molar-refractivity contribution in [2.45, 2.75) is 0 Å². The summed E-state index contributed by atoms with van der Waals surface area (Å²) in [5.41, 5.74) is 5.53. The van der Waals surface area contributed by atoms with Gasteiger partial charge in [0.15, 0.2) is 0 Å². The molecule has 0 saturated carbocycles. The van der Waals surface area contributed by atoms with Gasteiger partial charge in [-0.1, -0.05) is 18.2 Å². The first-order valence-electron chi connectivity index (χ1n) is 2.65. The molecule has 10 heavy (non-hydrogen) atoms. The van der Waals surface area contributed by atoms with E-state index in [0.29, 0.717) is 5.56 Å². The summed E-state index contributed by atoms with van der Waals surface area (Å²) in [6, 6.07) is 8.76. The van der Waals surface area contributed by atoms with Crippen molar-refractivity contribution in [1.29, 1.82) is 0 Å². The number of nitrogens with two attached hydrogens (primary N) is 1. The van der Waals surface area contributed by atoms with Gasteiger partial charge in [-0.2, -0.15) is 0 Å². The minimum Gasteiger partial charge on any atom is -0.366 e. The number of hydrogen-bond donors (Lipinski definition) is 1. The number of rotatable bonds is 1. The van der Waals surface area contributed by atoms with E-state index < -0.39 is 0 Å². The van der Waals surface area contributed by atoms with Crippen molar-refractivity contribution in [3.8, 4) is 0 Å². The topological polar surface area (TPSA) is 43.1 Å². The van der Waals surface area contributed by atoms with E-state index in [1.165, 1.54) is 0 Å². The SMILES string of the molecule is NC(=O)c1ccccc1.[Li+]. The number of primary amides is 1. The molecule has 0 spiro atoms. The molecule has 0 aromatic heterocycles. The van der Waals surface area contributed by atoms with E-state index in [0.717, 1.165) is 0 Å². The van der Waals surface area contributed by atoms with Gasteiger partial charge in [0.1, 0.15) is 0 Å². The fourth-order valence-electron chi connectivity index (χ4n) is 0.602. The van der Waals surface area contributed by atoms with Gasteiger partial charge in [0.25, 0.3) is 0 Å². The second-order valence-corrected chi connectivity index (χ2v) is 1.73. The Morgan fingerprint density at radius 2 is 1.70 bits per heavy atom. The molecule has 46 valence electrons. The first-order chi connectivity index (χ1) is 4.30. The summed E-state index contributed by atoms with van der Waals surface area (Å²) in [5.74, 6) is -0.379. The molecule has 0 unspecified atom stereocenters. The van der Waals surface area contributed by atoms with Crippen molar-refractivity contribution in [3.63, 3.8) is 0 Å². The zero-order valence-electron chi connectivity index (χ0n) is 5.87. The Kier molecular flexibility index (Phi) is 3.86. The van der Waals surface area contributed by atoms with Crippen LogP contribution in [0.1, 0.15) is 10.4 Å². The van der Waals surface area contributed by atoms with E-state index in [9.17, 15) is 4.79 Å². The van der Waals surface area contributed by atoms with Gasteiger partial charge in [0.05, 0.1) is 0 Å². The molecule has 2 N–H and O–H groups in total. The van der Waals surface area contributed by atoms with E-state index >= 15 is 0 Å². The smallest absolute Gasteiger partial charge is 0.366 e. The summed E-state index contributed by atoms with van der Waals surface area (Å²) >= 11 is 0. The molecule has 3 heteroatoms. The Labute approximate surface area is 71.6 Å². The Balaban J connectivity index is 0.000000810. The van der Waals surface area contributed by atoms with E-state index in [1.54, 1.807) is 24.3 Å². The summed E-state index contributed by atoms with van der Waals surface area (Å²) in [4.78, 5) is 10.4. The van der Waals surface area contributed by atoms with Gasteiger partial charge < -0.3 is 5.73 Å². The van der Waals surface area contributed by atoms with Crippen molar-refractivity contribution in [3.05, 3.63) is 35.9 Å². The van der Waals surface area contributed by atoms with Gasteiger partial charge >= 0.3 is 18.9 Å². The van der Waals surface area contributed by atoms with Crippen molar-refractivity contribution in [2.75, 3.05) is 0 Å². The van der Waals surface area contributed by atoms with E-state index in [4.69, 9.17) is 5.73 Å². The van der Waals surface area contributed by atoms with Gasteiger partial charge in [-0.05, 0) is 12.1 Å². The number of hydrogen-bond acceptors (Lipinski definition) is 1. The molecule has 1 amide bonds. The minimum atomic E-state index is -0.379. The molecule has 0 atom stereocenters. The summed E-state index contributed by atoms with van der Waals surface area (Å²) in [6.45, 7) is 0. The average molecular weight is 128 g/mol. The minimum absolute atomic E-state index is 0. The first kappa shape index (κ1) is 9.29. The fraction of sp³-hybridized carbons (Fsp3) is 0. The van der Waals surface area contributed by atoms with E-state index in [-0.39, 0.29) is 24.8 Å². The largest absolute Gasteiger partial charge is 1.00 e. The summed E-state index contributed by atoms with van der Waals surface area (Å²) in [7, 11) is 0. The van der Waals surface area contributed by atoms with E-state index in [2.05, 4.69) is 0 Å². The zero-order valence-corrected chi connectivity index (χ0v) is 5.87. The second-order valence-electron chi connectivity index (χ2n) is 1.73. The van der Waals surface area contributed by atoms with Gasteiger partial charge in [-0.25, -0.2) is 0 Å². The molecule has 0 bridgehead atoms. The van der Waals surface area contributed by atoms with Crippen LogP contribution in [0.25, 0.3) is 0 Å². The Morgan fingerprint density at radius 3 is 2.00 bits per heavy atom. The molecule has 0 saturated heterocycles. The van der Waals surface area contributed by atoms with Crippen LogP contribution in [0, 0.1) is 0 Å². The first-order valence-corrected chi connectivity index (χ1v) is 2.65. The van der Waals surface area contributed by atoms with Crippen LogP contribution in [0.5, 0.6) is 0 Å². The molecule has 1 rings (SSSR count). The number of carbonyl (C=O) groups excluding carboxylic acids is 1. The maximum Gasteiger partial charge on any atom is 1.00 e. The van der Waals surface area contributed by atoms with Crippen LogP contribution >= 0.6 is 0 Å².